The first kappa shape index (κ1) is 18.4. The molecule has 23 heavy (non-hydrogen) atoms. The van der Waals surface area contributed by atoms with Gasteiger partial charge in [-0.1, -0.05) is 0 Å². The Morgan fingerprint density at radius 2 is 1.96 bits per heavy atom. The second kappa shape index (κ2) is 7.27. The molecule has 0 aromatic heterocycles. The maximum Gasteiger partial charge on any atom is 0.244 e. The van der Waals surface area contributed by atoms with Crippen molar-refractivity contribution in [1.29, 1.82) is 0 Å². The topological polar surface area (TPSA) is 54.5 Å². The van der Waals surface area contributed by atoms with Gasteiger partial charge in [0, 0.05) is 12.8 Å². The summed E-state index contributed by atoms with van der Waals surface area (Å²) in [5, 5.41) is 0. The van der Waals surface area contributed by atoms with E-state index in [0.29, 0.717) is 5.75 Å². The van der Waals surface area contributed by atoms with Crippen LogP contribution in [-0.4, -0.2) is 48.8 Å². The van der Waals surface area contributed by atoms with Crippen molar-refractivity contribution in [2.24, 2.45) is 0 Å². The zero-order valence-corrected chi connectivity index (χ0v) is 14.5. The van der Waals surface area contributed by atoms with Crippen LogP contribution in [0.2, 0.25) is 0 Å². The molecule has 0 saturated carbocycles. The highest BCUT2D eigenvalue weighted by molar-refractivity contribution is 7.98. The van der Waals surface area contributed by atoms with Crippen LogP contribution >= 0.6 is 11.8 Å². The molecule has 1 heterocycles. The molecule has 128 valence electrons. The van der Waals surface area contributed by atoms with Crippen LogP contribution in [0.4, 0.5) is 8.78 Å². The van der Waals surface area contributed by atoms with E-state index in [0.717, 1.165) is 28.6 Å². The first-order valence-electron chi connectivity index (χ1n) is 7.24. The molecular formula is C15H19F2NO3S2. The van der Waals surface area contributed by atoms with Crippen LogP contribution in [0, 0.1) is 5.82 Å². The number of ketones is 1. The van der Waals surface area contributed by atoms with Crippen molar-refractivity contribution >= 4 is 27.6 Å². The van der Waals surface area contributed by atoms with Gasteiger partial charge in [0.1, 0.15) is 12.0 Å². The van der Waals surface area contributed by atoms with Gasteiger partial charge in [-0.15, -0.1) is 0 Å². The summed E-state index contributed by atoms with van der Waals surface area (Å²) < 4.78 is 53.6. The quantitative estimate of drug-likeness (QED) is 0.780. The van der Waals surface area contributed by atoms with Crippen LogP contribution in [0.25, 0.3) is 0 Å². The predicted octanol–water partition coefficient (Wildman–Crippen LogP) is 2.64. The zero-order valence-electron chi connectivity index (χ0n) is 12.9. The molecule has 1 fully saturated rings. The van der Waals surface area contributed by atoms with Crippen LogP contribution < -0.4 is 0 Å². The van der Waals surface area contributed by atoms with Gasteiger partial charge in [0.25, 0.3) is 0 Å². The average molecular weight is 363 g/mol. The molecule has 1 aromatic rings. The maximum absolute atomic E-state index is 14.1. The van der Waals surface area contributed by atoms with E-state index in [2.05, 4.69) is 0 Å². The van der Waals surface area contributed by atoms with E-state index in [4.69, 9.17) is 0 Å². The molecule has 0 spiro atoms. The lowest BCUT2D eigenvalue weighted by molar-refractivity contribution is -0.121. The molecule has 0 unspecified atom stereocenters. The summed E-state index contributed by atoms with van der Waals surface area (Å²) in [5.74, 6) is -0.281. The van der Waals surface area contributed by atoms with Crippen LogP contribution in [0.5, 0.6) is 0 Å². The largest absolute Gasteiger partial charge is 0.298 e. The summed E-state index contributed by atoms with van der Waals surface area (Å²) in [6, 6.07) is 2.41. The Morgan fingerprint density at radius 1 is 1.35 bits per heavy atom. The third-order valence-electron chi connectivity index (χ3n) is 3.99. The van der Waals surface area contributed by atoms with E-state index >= 15 is 0 Å². The van der Waals surface area contributed by atoms with Crippen molar-refractivity contribution in [3.8, 4) is 0 Å². The van der Waals surface area contributed by atoms with Gasteiger partial charge in [0.2, 0.25) is 10.0 Å². The van der Waals surface area contributed by atoms with Crippen molar-refractivity contribution in [3.05, 3.63) is 30.1 Å². The summed E-state index contributed by atoms with van der Waals surface area (Å²) in [6.45, 7) is 1.45. The van der Waals surface area contributed by atoms with Gasteiger partial charge in [0.05, 0.1) is 17.0 Å². The first-order valence-corrected chi connectivity index (χ1v) is 10.1. The lowest BCUT2D eigenvalue weighted by Crippen LogP contribution is -2.44. The smallest absolute Gasteiger partial charge is 0.244 e. The van der Waals surface area contributed by atoms with Crippen LogP contribution in [0.1, 0.15) is 19.8 Å². The fourth-order valence-corrected chi connectivity index (χ4v) is 4.95. The van der Waals surface area contributed by atoms with Gasteiger partial charge >= 0.3 is 0 Å². The second-order valence-corrected chi connectivity index (χ2v) is 8.33. The number of benzene rings is 1. The number of halogens is 2. The summed E-state index contributed by atoms with van der Waals surface area (Å²) in [5.41, 5.74) is 0. The number of sulfonamides is 1. The minimum absolute atomic E-state index is 0.130. The third-order valence-corrected chi connectivity index (χ3v) is 6.62. The molecule has 2 rings (SSSR count). The van der Waals surface area contributed by atoms with Gasteiger partial charge in [-0.25, -0.2) is 17.2 Å². The molecule has 1 aromatic carbocycles. The number of thioether (sulfide) groups is 1. The molecule has 4 nitrogen and oxygen atoms in total. The SMILES string of the molecule is CSCCC(=O)[C@@H]1C[C@@H](F)[C@H](C)N1S(=O)(=O)c1ccc(F)cc1. The lowest BCUT2D eigenvalue weighted by Gasteiger charge is -2.26. The third kappa shape index (κ3) is 3.75. The molecule has 0 aliphatic carbocycles. The highest BCUT2D eigenvalue weighted by atomic mass is 32.2. The Balaban J connectivity index is 2.35. The molecular weight excluding hydrogens is 344 g/mol. The molecule has 0 bridgehead atoms. The van der Waals surface area contributed by atoms with Crippen molar-refractivity contribution in [2.75, 3.05) is 12.0 Å². The fraction of sp³-hybridized carbons (Fsp3) is 0.533. The molecule has 0 radical (unpaired) electrons. The molecule has 1 aliphatic heterocycles. The number of carbonyl (C=O) groups excluding carboxylic acids is 1. The number of carbonyl (C=O) groups is 1. The first-order chi connectivity index (χ1) is 10.8. The van der Waals surface area contributed by atoms with Crippen molar-refractivity contribution in [1.82, 2.24) is 4.31 Å². The Hall–Kier alpha value is -0.990. The number of rotatable bonds is 6. The van der Waals surface area contributed by atoms with E-state index in [9.17, 15) is 22.0 Å². The summed E-state index contributed by atoms with van der Waals surface area (Å²) in [6.07, 6.45) is 0.513. The van der Waals surface area contributed by atoms with E-state index in [1.807, 2.05) is 6.26 Å². The van der Waals surface area contributed by atoms with Crippen molar-refractivity contribution in [3.63, 3.8) is 0 Å². The molecule has 0 N–H and O–H groups in total. The predicted molar refractivity (Wildman–Crippen MR) is 86.2 cm³/mol. The number of hydrogen-bond acceptors (Lipinski definition) is 4. The van der Waals surface area contributed by atoms with Gasteiger partial charge in [-0.05, 0) is 43.2 Å². The monoisotopic (exact) mass is 363 g/mol. The standard InChI is InChI=1S/C15H19F2NO3S2/c1-10-13(17)9-14(15(19)7-8-22-2)18(10)23(20,21)12-5-3-11(16)4-6-12/h3-6,10,13-14H,7-9H2,1-2H3/t10-,13+,14-/m0/s1. The van der Waals surface area contributed by atoms with Crippen LogP contribution in [-0.2, 0) is 14.8 Å². The van der Waals surface area contributed by atoms with Crippen molar-refractivity contribution in [2.45, 2.75) is 42.9 Å². The lowest BCUT2D eigenvalue weighted by atomic mass is 10.1. The Labute approximate surface area is 139 Å². The van der Waals surface area contributed by atoms with E-state index in [-0.39, 0.29) is 23.5 Å². The van der Waals surface area contributed by atoms with E-state index < -0.39 is 34.1 Å². The van der Waals surface area contributed by atoms with Gasteiger partial charge in [0.15, 0.2) is 5.78 Å². The highest BCUT2D eigenvalue weighted by Gasteiger charge is 2.48. The second-order valence-electron chi connectivity index (χ2n) is 5.51. The molecule has 1 saturated heterocycles. The number of hydrogen-bond donors (Lipinski definition) is 0. The van der Waals surface area contributed by atoms with E-state index in [1.165, 1.54) is 18.7 Å². The van der Waals surface area contributed by atoms with Gasteiger partial charge in [-0.3, -0.25) is 4.79 Å². The van der Waals surface area contributed by atoms with Gasteiger partial charge in [-0.2, -0.15) is 16.1 Å². The zero-order chi connectivity index (χ0) is 17.2. The number of nitrogens with zero attached hydrogens (tertiary/aromatic N) is 1. The highest BCUT2D eigenvalue weighted by Crippen LogP contribution is 2.34. The Kier molecular flexibility index (Phi) is 5.80. The Bertz CT molecular complexity index is 664. The molecule has 0 amide bonds. The molecule has 3 atom stereocenters. The minimum Gasteiger partial charge on any atom is -0.298 e. The van der Waals surface area contributed by atoms with Crippen molar-refractivity contribution < 1.29 is 22.0 Å². The van der Waals surface area contributed by atoms with Crippen LogP contribution in [0.15, 0.2) is 29.2 Å². The van der Waals surface area contributed by atoms with Gasteiger partial charge < -0.3 is 0 Å². The summed E-state index contributed by atoms with van der Waals surface area (Å²) >= 11 is 1.47. The normalized spacial score (nSPS) is 25.7. The fourth-order valence-electron chi connectivity index (χ4n) is 2.71. The Morgan fingerprint density at radius 3 is 2.52 bits per heavy atom. The average Bonchev–Trinajstić information content (AvgIpc) is 2.81. The van der Waals surface area contributed by atoms with Crippen LogP contribution in [0.3, 0.4) is 0 Å². The minimum atomic E-state index is -4.06. The molecule has 8 heteroatoms. The summed E-state index contributed by atoms with van der Waals surface area (Å²) in [7, 11) is -4.06. The summed E-state index contributed by atoms with van der Waals surface area (Å²) in [4.78, 5) is 12.2. The number of alkyl halides is 1. The maximum atomic E-state index is 14.1. The number of Topliss-reactive ketones (excluding diaryl/α,β-unsaturated/α-hetero) is 1. The molecule has 1 aliphatic rings. The van der Waals surface area contributed by atoms with E-state index in [1.54, 1.807) is 0 Å².